The molecule has 94 valence electrons. The number of aromatic nitrogens is 1. The number of hydrogen-bond acceptors (Lipinski definition) is 7. The third-order valence-corrected chi connectivity index (χ3v) is 3.95. The number of nitrogens with zero attached hydrogens (tertiary/aromatic N) is 1. The summed E-state index contributed by atoms with van der Waals surface area (Å²) >= 11 is 0.605. The minimum Gasteiger partial charge on any atom is -0.476 e. The van der Waals surface area contributed by atoms with Gasteiger partial charge in [-0.15, -0.1) is 11.3 Å². The molecule has 0 saturated heterocycles. The van der Waals surface area contributed by atoms with Gasteiger partial charge in [0.05, 0.1) is 5.51 Å². The Morgan fingerprint density at radius 1 is 1.59 bits per heavy atom. The van der Waals surface area contributed by atoms with Gasteiger partial charge in [0, 0.05) is 0 Å². The van der Waals surface area contributed by atoms with Crippen LogP contribution < -0.4 is 10.6 Å². The van der Waals surface area contributed by atoms with Crippen molar-refractivity contribution in [3.63, 3.8) is 0 Å². The Morgan fingerprint density at radius 3 is 2.76 bits per heavy atom. The fourth-order valence-electron chi connectivity index (χ4n) is 0.785. The van der Waals surface area contributed by atoms with Gasteiger partial charge in [0.15, 0.2) is 9.90 Å². The third-order valence-electron chi connectivity index (χ3n) is 1.36. The molecule has 0 unspecified atom stereocenters. The van der Waals surface area contributed by atoms with Crippen LogP contribution in [-0.2, 0) is 19.7 Å². The maximum absolute atomic E-state index is 11.5. The van der Waals surface area contributed by atoms with Crippen LogP contribution in [0.2, 0.25) is 0 Å². The number of carboxylic acid groups (broad SMARTS) is 1. The van der Waals surface area contributed by atoms with Crippen molar-refractivity contribution in [3.05, 3.63) is 11.2 Å². The standard InChI is InChI=1S/C6H7N3O6S2/c7-3(10)1-15-9-17(13,14)6-4(5(11)12)8-2-16-6/h2,9H,1H2,(H2,7,10)(H,11,12). The number of aromatic carboxylic acids is 1. The molecule has 1 heterocycles. The molecule has 0 aromatic carbocycles. The molecule has 9 nitrogen and oxygen atoms in total. The van der Waals surface area contributed by atoms with Gasteiger partial charge < -0.3 is 10.8 Å². The molecule has 0 radical (unpaired) electrons. The van der Waals surface area contributed by atoms with Crippen LogP contribution in [0.5, 0.6) is 0 Å². The van der Waals surface area contributed by atoms with E-state index in [4.69, 9.17) is 10.8 Å². The number of sulfonamides is 1. The Hall–Kier alpha value is -1.56. The lowest BCUT2D eigenvalue weighted by molar-refractivity contribution is -0.123. The second-order valence-electron chi connectivity index (χ2n) is 2.64. The Bertz CT molecular complexity index is 536. The maximum Gasteiger partial charge on any atom is 0.356 e. The molecular formula is C6H7N3O6S2. The number of carbonyl (C=O) groups is 2. The van der Waals surface area contributed by atoms with E-state index >= 15 is 0 Å². The zero-order chi connectivity index (χ0) is 13.1. The highest BCUT2D eigenvalue weighted by Gasteiger charge is 2.25. The number of thiazole rings is 1. The van der Waals surface area contributed by atoms with Gasteiger partial charge in [0.25, 0.3) is 10.0 Å². The van der Waals surface area contributed by atoms with Gasteiger partial charge >= 0.3 is 5.97 Å². The van der Waals surface area contributed by atoms with Gasteiger partial charge in [-0.1, -0.05) is 4.89 Å². The predicted molar refractivity (Wildman–Crippen MR) is 54.5 cm³/mol. The lowest BCUT2D eigenvalue weighted by Crippen LogP contribution is -2.29. The van der Waals surface area contributed by atoms with E-state index < -0.39 is 38.4 Å². The van der Waals surface area contributed by atoms with Gasteiger partial charge in [-0.05, 0) is 0 Å². The average molecular weight is 281 g/mol. The van der Waals surface area contributed by atoms with E-state index in [1.54, 1.807) is 4.89 Å². The molecule has 1 amide bonds. The fraction of sp³-hybridized carbons (Fsp3) is 0.167. The molecule has 17 heavy (non-hydrogen) atoms. The summed E-state index contributed by atoms with van der Waals surface area (Å²) in [6.45, 7) is -0.666. The minimum absolute atomic E-state index is 0.519. The summed E-state index contributed by atoms with van der Waals surface area (Å²) in [4.78, 5) is 30.2. The Balaban J connectivity index is 2.86. The van der Waals surface area contributed by atoms with Gasteiger partial charge in [0.1, 0.15) is 6.61 Å². The van der Waals surface area contributed by atoms with E-state index in [9.17, 15) is 18.0 Å². The molecule has 0 fully saturated rings. The molecule has 0 saturated carbocycles. The van der Waals surface area contributed by atoms with Crippen LogP contribution in [0.15, 0.2) is 9.72 Å². The molecule has 0 aliphatic carbocycles. The van der Waals surface area contributed by atoms with Crippen molar-refractivity contribution in [3.8, 4) is 0 Å². The molecule has 0 aliphatic heterocycles. The normalized spacial score (nSPS) is 11.3. The smallest absolute Gasteiger partial charge is 0.356 e. The number of amides is 1. The average Bonchev–Trinajstić information content (AvgIpc) is 2.65. The van der Waals surface area contributed by atoms with Crippen LogP contribution in [0, 0.1) is 0 Å². The first-order valence-electron chi connectivity index (χ1n) is 3.93. The summed E-state index contributed by atoms with van der Waals surface area (Å²) in [5, 5.41) is 8.67. The van der Waals surface area contributed by atoms with Crippen LogP contribution in [0.4, 0.5) is 0 Å². The number of rotatable bonds is 6. The Morgan fingerprint density at radius 2 is 2.24 bits per heavy atom. The highest BCUT2D eigenvalue weighted by molar-refractivity contribution is 7.91. The van der Waals surface area contributed by atoms with Crippen molar-refractivity contribution >= 4 is 33.2 Å². The third kappa shape index (κ3) is 3.45. The van der Waals surface area contributed by atoms with E-state index in [0.29, 0.717) is 11.3 Å². The molecule has 11 heteroatoms. The van der Waals surface area contributed by atoms with Gasteiger partial charge in [-0.25, -0.2) is 18.2 Å². The molecule has 4 N–H and O–H groups in total. The molecule has 0 bridgehead atoms. The zero-order valence-electron chi connectivity index (χ0n) is 8.11. The highest BCUT2D eigenvalue weighted by Crippen LogP contribution is 2.19. The number of carbonyl (C=O) groups excluding carboxylic acids is 1. The van der Waals surface area contributed by atoms with E-state index in [0.717, 1.165) is 5.51 Å². The SMILES string of the molecule is NC(=O)CONS(=O)(=O)c1scnc1C(=O)O. The highest BCUT2D eigenvalue weighted by atomic mass is 32.2. The first-order valence-corrected chi connectivity index (χ1v) is 6.29. The van der Waals surface area contributed by atoms with Gasteiger partial charge in [0.2, 0.25) is 5.91 Å². The quantitative estimate of drug-likeness (QED) is 0.539. The van der Waals surface area contributed by atoms with E-state index in [1.165, 1.54) is 0 Å². The maximum atomic E-state index is 11.5. The van der Waals surface area contributed by atoms with Crippen LogP contribution in [0.25, 0.3) is 0 Å². The number of hydrogen-bond donors (Lipinski definition) is 3. The summed E-state index contributed by atoms with van der Waals surface area (Å²) < 4.78 is 22.5. The number of nitrogens with two attached hydrogens (primary N) is 1. The van der Waals surface area contributed by atoms with Crippen molar-refractivity contribution in [2.24, 2.45) is 5.73 Å². The molecule has 0 spiro atoms. The number of carboxylic acids is 1. The Labute approximate surface area is 99.2 Å². The van der Waals surface area contributed by atoms with Crippen LogP contribution >= 0.6 is 11.3 Å². The summed E-state index contributed by atoms with van der Waals surface area (Å²) in [5.41, 5.74) is 5.16. The summed E-state index contributed by atoms with van der Waals surface area (Å²) in [6.07, 6.45) is 0. The van der Waals surface area contributed by atoms with Crippen LogP contribution in [0.3, 0.4) is 0 Å². The molecule has 1 rings (SSSR count). The molecule has 0 aliphatic rings. The van der Waals surface area contributed by atoms with E-state index in [2.05, 4.69) is 9.82 Å². The van der Waals surface area contributed by atoms with Crippen molar-refractivity contribution in [2.75, 3.05) is 6.61 Å². The van der Waals surface area contributed by atoms with Crippen LogP contribution in [-0.4, -0.2) is 37.0 Å². The minimum atomic E-state index is -4.19. The summed E-state index contributed by atoms with van der Waals surface area (Å²) in [7, 11) is -4.19. The monoisotopic (exact) mass is 281 g/mol. The Kier molecular flexibility index (Phi) is 4.11. The second-order valence-corrected chi connectivity index (χ2v) is 5.33. The number of nitrogens with one attached hydrogen (secondary N) is 1. The molecule has 0 atom stereocenters. The molecule has 1 aromatic heterocycles. The van der Waals surface area contributed by atoms with E-state index in [-0.39, 0.29) is 0 Å². The largest absolute Gasteiger partial charge is 0.476 e. The predicted octanol–water partition coefficient (Wildman–Crippen LogP) is -1.46. The first-order chi connectivity index (χ1) is 7.84. The second kappa shape index (κ2) is 5.18. The summed E-state index contributed by atoms with van der Waals surface area (Å²) in [5.74, 6) is -2.36. The number of primary amides is 1. The van der Waals surface area contributed by atoms with Crippen molar-refractivity contribution in [2.45, 2.75) is 4.21 Å². The first kappa shape index (κ1) is 13.5. The van der Waals surface area contributed by atoms with Crippen LogP contribution in [0.1, 0.15) is 10.5 Å². The zero-order valence-corrected chi connectivity index (χ0v) is 9.75. The van der Waals surface area contributed by atoms with Gasteiger partial charge in [-0.2, -0.15) is 0 Å². The summed E-state index contributed by atoms with van der Waals surface area (Å²) in [6, 6.07) is 0. The van der Waals surface area contributed by atoms with Crippen molar-refractivity contribution < 1.29 is 28.0 Å². The lowest BCUT2D eigenvalue weighted by atomic mass is 10.5. The van der Waals surface area contributed by atoms with Crippen molar-refractivity contribution in [1.29, 1.82) is 0 Å². The fourth-order valence-corrected chi connectivity index (χ4v) is 2.71. The molecule has 1 aromatic rings. The van der Waals surface area contributed by atoms with E-state index in [1.807, 2.05) is 0 Å². The topological polar surface area (TPSA) is 149 Å². The molecular weight excluding hydrogens is 274 g/mol. The van der Waals surface area contributed by atoms with Crippen molar-refractivity contribution in [1.82, 2.24) is 9.87 Å². The van der Waals surface area contributed by atoms with Gasteiger partial charge in [-0.3, -0.25) is 9.63 Å². The lowest BCUT2D eigenvalue weighted by Gasteiger charge is -2.03.